The lowest BCUT2D eigenvalue weighted by Gasteiger charge is -2.41. The number of esters is 1. The van der Waals surface area contributed by atoms with Gasteiger partial charge in [0.2, 0.25) is 8.32 Å². The molecule has 0 fully saturated rings. The van der Waals surface area contributed by atoms with Crippen LogP contribution in [0, 0.1) is 17.8 Å². The molecule has 0 aliphatic carbocycles. The zero-order valence-electron chi connectivity index (χ0n) is 25.8. The molecule has 0 aliphatic rings. The predicted molar refractivity (Wildman–Crippen MR) is 158 cm³/mol. The van der Waals surface area contributed by atoms with E-state index in [0.29, 0.717) is 36.3 Å². The molecular formula is C31H56O5Si. The Labute approximate surface area is 229 Å². The van der Waals surface area contributed by atoms with Crippen LogP contribution in [0.1, 0.15) is 101 Å². The van der Waals surface area contributed by atoms with Crippen molar-refractivity contribution < 1.29 is 23.4 Å². The Balaban J connectivity index is 5.19. The van der Waals surface area contributed by atoms with E-state index < -0.39 is 13.9 Å². The van der Waals surface area contributed by atoms with Crippen LogP contribution in [0.5, 0.6) is 0 Å². The Morgan fingerprint density at radius 3 is 2.16 bits per heavy atom. The zero-order valence-corrected chi connectivity index (χ0v) is 26.8. The fourth-order valence-electron chi connectivity index (χ4n) is 5.29. The summed E-state index contributed by atoms with van der Waals surface area (Å²) < 4.78 is 22.9. The summed E-state index contributed by atoms with van der Waals surface area (Å²) in [4.78, 5) is 11.9. The molecule has 0 aromatic rings. The van der Waals surface area contributed by atoms with E-state index in [4.69, 9.17) is 18.6 Å². The number of rotatable bonds is 18. The number of hydrogen-bond acceptors (Lipinski definition) is 5. The average molecular weight is 537 g/mol. The van der Waals surface area contributed by atoms with Crippen molar-refractivity contribution >= 4 is 14.3 Å². The molecule has 0 heterocycles. The summed E-state index contributed by atoms with van der Waals surface area (Å²) in [6.07, 6.45) is 6.05. The van der Waals surface area contributed by atoms with Crippen molar-refractivity contribution in [2.24, 2.45) is 5.92 Å². The van der Waals surface area contributed by atoms with Gasteiger partial charge in [-0.2, -0.15) is 0 Å². The highest BCUT2D eigenvalue weighted by Crippen LogP contribution is 2.42. The molecule has 214 valence electrons. The van der Waals surface area contributed by atoms with E-state index in [1.165, 1.54) is 5.57 Å². The second-order valence-corrected chi connectivity index (χ2v) is 16.8. The average Bonchev–Trinajstić information content (AvgIpc) is 2.79. The van der Waals surface area contributed by atoms with Crippen LogP contribution in [0.3, 0.4) is 0 Å². The van der Waals surface area contributed by atoms with E-state index in [1.54, 1.807) is 7.11 Å². The zero-order chi connectivity index (χ0) is 28.6. The maximum absolute atomic E-state index is 11.9. The van der Waals surface area contributed by atoms with E-state index in [1.807, 2.05) is 20.8 Å². The summed E-state index contributed by atoms with van der Waals surface area (Å²) >= 11 is 0. The highest BCUT2D eigenvalue weighted by Gasteiger charge is 2.44. The van der Waals surface area contributed by atoms with Gasteiger partial charge in [-0.25, -0.2) is 0 Å². The van der Waals surface area contributed by atoms with Gasteiger partial charge in [0.05, 0.1) is 19.6 Å². The van der Waals surface area contributed by atoms with Crippen LogP contribution in [0.2, 0.25) is 16.6 Å². The number of ether oxygens (including phenoxy) is 3. The maximum Gasteiger partial charge on any atom is 0.306 e. The van der Waals surface area contributed by atoms with Gasteiger partial charge in [0, 0.05) is 7.11 Å². The fourth-order valence-corrected chi connectivity index (χ4v) is 10.6. The minimum absolute atomic E-state index is 0.141. The van der Waals surface area contributed by atoms with Crippen LogP contribution in [-0.2, 0) is 23.4 Å². The van der Waals surface area contributed by atoms with Crippen molar-refractivity contribution in [2.45, 2.75) is 124 Å². The molecule has 5 nitrogen and oxygen atoms in total. The van der Waals surface area contributed by atoms with Crippen LogP contribution in [0.15, 0.2) is 23.8 Å². The topological polar surface area (TPSA) is 54.0 Å². The number of allylic oxidation sites excluding steroid dienone is 3. The van der Waals surface area contributed by atoms with Crippen molar-refractivity contribution in [3.8, 4) is 11.8 Å². The Morgan fingerprint density at radius 1 is 1.08 bits per heavy atom. The third-order valence-electron chi connectivity index (χ3n) is 7.37. The molecule has 0 saturated carbocycles. The van der Waals surface area contributed by atoms with Gasteiger partial charge < -0.3 is 18.6 Å². The van der Waals surface area contributed by atoms with Crippen molar-refractivity contribution in [1.82, 2.24) is 0 Å². The first-order valence-corrected chi connectivity index (χ1v) is 16.1. The first-order chi connectivity index (χ1) is 17.3. The van der Waals surface area contributed by atoms with Crippen molar-refractivity contribution in [3.05, 3.63) is 23.8 Å². The van der Waals surface area contributed by atoms with Gasteiger partial charge >= 0.3 is 5.97 Å². The van der Waals surface area contributed by atoms with Crippen molar-refractivity contribution in [2.75, 3.05) is 27.1 Å². The summed E-state index contributed by atoms with van der Waals surface area (Å²) in [5.74, 6) is 6.62. The highest BCUT2D eigenvalue weighted by atomic mass is 28.4. The predicted octanol–water partition coefficient (Wildman–Crippen LogP) is 8.21. The third-order valence-corrected chi connectivity index (χ3v) is 13.4. The smallest absolute Gasteiger partial charge is 0.306 e. The molecule has 0 amide bonds. The Bertz CT molecular complexity index is 752. The lowest BCUT2D eigenvalue weighted by molar-refractivity contribution is -0.144. The number of carbonyl (C=O) groups is 1. The van der Waals surface area contributed by atoms with Crippen LogP contribution >= 0.6 is 0 Å². The Morgan fingerprint density at radius 2 is 1.68 bits per heavy atom. The first-order valence-electron chi connectivity index (χ1n) is 14.0. The van der Waals surface area contributed by atoms with Crippen LogP contribution in [0.25, 0.3) is 0 Å². The van der Waals surface area contributed by atoms with Crippen LogP contribution in [-0.4, -0.2) is 47.0 Å². The minimum Gasteiger partial charge on any atom is -0.466 e. The lowest BCUT2D eigenvalue weighted by Crippen LogP contribution is -2.47. The number of methoxy groups -OCH3 is 1. The number of hydrogen-bond donors (Lipinski definition) is 0. The Kier molecular flexibility index (Phi) is 17.3. The normalized spacial score (nSPS) is 14.9. The molecule has 0 aromatic carbocycles. The molecule has 0 N–H and O–H groups in total. The minimum atomic E-state index is -1.94. The summed E-state index contributed by atoms with van der Waals surface area (Å²) in [5.41, 5.74) is 3.29. The highest BCUT2D eigenvalue weighted by molar-refractivity contribution is 6.77. The van der Waals surface area contributed by atoms with Crippen LogP contribution in [0.4, 0.5) is 0 Å². The summed E-state index contributed by atoms with van der Waals surface area (Å²) in [6, 6.07) is 0. The fraction of sp³-hybridized carbons (Fsp3) is 0.774. The SMILES string of the molecule is C=C(C)C(CC/C(C)=C/CCC(C)(C#CCO[Si](C(C)C)(C(C)C)C(C)C)OCOC)CC(=O)OCC. The second kappa shape index (κ2) is 18.0. The standard InChI is InChI=1S/C31H56O5Si/c1-13-34-30(32)22-29(24(2)3)18-17-28(10)16-14-19-31(11,35-23-33-12)20-15-21-36-37(25(4)5,26(6)7)27(8)9/h16,25-27,29H,2,13-14,17-19,21-23H2,1,3-12H3/b28-16+. The molecule has 0 rings (SSSR count). The molecule has 6 heteroatoms. The molecule has 0 saturated heterocycles. The van der Waals surface area contributed by atoms with E-state index in [0.717, 1.165) is 31.3 Å². The molecule has 2 unspecified atom stereocenters. The van der Waals surface area contributed by atoms with Crippen LogP contribution < -0.4 is 0 Å². The van der Waals surface area contributed by atoms with Gasteiger partial charge in [-0.1, -0.05) is 77.2 Å². The Hall–Kier alpha value is -1.39. The molecule has 0 aliphatic heterocycles. The molecular weight excluding hydrogens is 480 g/mol. The third kappa shape index (κ3) is 12.8. The number of carbonyl (C=O) groups excluding carboxylic acids is 1. The molecule has 0 radical (unpaired) electrons. The van der Waals surface area contributed by atoms with Gasteiger partial charge in [-0.05, 0) is 75.9 Å². The summed E-state index contributed by atoms with van der Waals surface area (Å²) in [5, 5.41) is 0. The first kappa shape index (κ1) is 35.6. The molecule has 2 atom stereocenters. The van der Waals surface area contributed by atoms with Gasteiger partial charge in [-0.15, -0.1) is 0 Å². The van der Waals surface area contributed by atoms with Gasteiger partial charge in [-0.3, -0.25) is 4.79 Å². The van der Waals surface area contributed by atoms with Gasteiger partial charge in [0.15, 0.2) is 0 Å². The van der Waals surface area contributed by atoms with Gasteiger partial charge in [0.25, 0.3) is 0 Å². The van der Waals surface area contributed by atoms with E-state index in [9.17, 15) is 4.79 Å². The van der Waals surface area contributed by atoms with E-state index >= 15 is 0 Å². The van der Waals surface area contributed by atoms with E-state index in [2.05, 4.69) is 73.0 Å². The summed E-state index contributed by atoms with van der Waals surface area (Å²) in [7, 11) is -0.316. The summed E-state index contributed by atoms with van der Waals surface area (Å²) in [6.45, 7) is 26.8. The largest absolute Gasteiger partial charge is 0.466 e. The molecule has 37 heavy (non-hydrogen) atoms. The lowest BCUT2D eigenvalue weighted by atomic mass is 9.91. The molecule has 0 spiro atoms. The van der Waals surface area contributed by atoms with Gasteiger partial charge in [0.1, 0.15) is 12.4 Å². The second-order valence-electron chi connectivity index (χ2n) is 11.4. The maximum atomic E-state index is 11.9. The van der Waals surface area contributed by atoms with Crippen molar-refractivity contribution in [3.63, 3.8) is 0 Å². The molecule has 0 bridgehead atoms. The quantitative estimate of drug-likeness (QED) is 0.0581. The van der Waals surface area contributed by atoms with Crippen molar-refractivity contribution in [1.29, 1.82) is 0 Å². The van der Waals surface area contributed by atoms with E-state index in [-0.39, 0.29) is 18.7 Å². The monoisotopic (exact) mass is 536 g/mol. The molecule has 0 aromatic heterocycles.